The van der Waals surface area contributed by atoms with E-state index in [2.05, 4.69) is 4.98 Å². The van der Waals surface area contributed by atoms with E-state index in [1.54, 1.807) is 12.3 Å². The Hall–Kier alpha value is -2.45. The standard InChI is InChI=1S/C20H23N3O4S/c1-22(2)17-4-3-13(12-21-17)18(24)23-8-6-20(7-9-23)14-11-16(19(25)26)28-15(14)5-10-27-20/h3-4,11-12H,5-10H2,1-2H3,(H,25,26). The summed E-state index contributed by atoms with van der Waals surface area (Å²) in [4.78, 5) is 33.7. The number of hydrogen-bond acceptors (Lipinski definition) is 6. The zero-order valence-corrected chi connectivity index (χ0v) is 16.8. The van der Waals surface area contributed by atoms with E-state index >= 15 is 0 Å². The molecule has 8 heteroatoms. The van der Waals surface area contributed by atoms with Gasteiger partial charge in [0, 0.05) is 44.7 Å². The molecule has 4 rings (SSSR count). The maximum atomic E-state index is 12.8. The molecule has 1 amide bonds. The first-order valence-electron chi connectivity index (χ1n) is 9.33. The number of carbonyl (C=O) groups excluding carboxylic acids is 1. The van der Waals surface area contributed by atoms with Crippen LogP contribution in [0, 0.1) is 0 Å². The van der Waals surface area contributed by atoms with Crippen molar-refractivity contribution in [3.8, 4) is 0 Å². The number of rotatable bonds is 3. The van der Waals surface area contributed by atoms with Crippen LogP contribution in [0.3, 0.4) is 0 Å². The molecular formula is C20H23N3O4S. The summed E-state index contributed by atoms with van der Waals surface area (Å²) in [5.41, 5.74) is 1.11. The van der Waals surface area contributed by atoms with E-state index in [0.717, 1.165) is 22.7 Å². The molecule has 0 unspecified atom stereocenters. The van der Waals surface area contributed by atoms with Gasteiger partial charge in [0.15, 0.2) is 0 Å². The molecule has 0 bridgehead atoms. The Balaban J connectivity index is 1.49. The molecule has 1 N–H and O–H groups in total. The Morgan fingerprint density at radius 2 is 2.04 bits per heavy atom. The summed E-state index contributed by atoms with van der Waals surface area (Å²) in [7, 11) is 3.82. The van der Waals surface area contributed by atoms with Gasteiger partial charge >= 0.3 is 5.97 Å². The van der Waals surface area contributed by atoms with Gasteiger partial charge in [0.2, 0.25) is 0 Å². The van der Waals surface area contributed by atoms with E-state index < -0.39 is 11.6 Å². The molecule has 148 valence electrons. The van der Waals surface area contributed by atoms with Crippen LogP contribution in [0.15, 0.2) is 24.4 Å². The largest absolute Gasteiger partial charge is 0.477 e. The third-order valence-electron chi connectivity index (χ3n) is 5.53. The van der Waals surface area contributed by atoms with Gasteiger partial charge in [-0.1, -0.05) is 0 Å². The predicted molar refractivity (Wildman–Crippen MR) is 106 cm³/mol. The summed E-state index contributed by atoms with van der Waals surface area (Å²) in [5.74, 6) is -0.111. The van der Waals surface area contributed by atoms with E-state index in [0.29, 0.717) is 43.0 Å². The molecule has 2 aromatic rings. The number of nitrogens with zero attached hydrogens (tertiary/aromatic N) is 3. The quantitative estimate of drug-likeness (QED) is 0.851. The van der Waals surface area contributed by atoms with E-state index in [-0.39, 0.29) is 5.91 Å². The van der Waals surface area contributed by atoms with Crippen molar-refractivity contribution in [1.29, 1.82) is 0 Å². The minimum Gasteiger partial charge on any atom is -0.477 e. The van der Waals surface area contributed by atoms with Crippen molar-refractivity contribution in [3.05, 3.63) is 45.3 Å². The fourth-order valence-electron chi connectivity index (χ4n) is 3.97. The van der Waals surface area contributed by atoms with Gasteiger partial charge in [0.25, 0.3) is 5.91 Å². The summed E-state index contributed by atoms with van der Waals surface area (Å²) in [6.45, 7) is 1.74. The molecule has 7 nitrogen and oxygen atoms in total. The number of aromatic carboxylic acids is 1. The number of anilines is 1. The van der Waals surface area contributed by atoms with Crippen LogP contribution in [0.1, 0.15) is 43.3 Å². The second-order valence-electron chi connectivity index (χ2n) is 7.44. The molecule has 28 heavy (non-hydrogen) atoms. The minimum atomic E-state index is -0.893. The highest BCUT2D eigenvalue weighted by Crippen LogP contribution is 2.44. The van der Waals surface area contributed by atoms with Crippen LogP contribution < -0.4 is 4.90 Å². The number of likely N-dealkylation sites (tertiary alicyclic amines) is 1. The molecule has 1 fully saturated rings. The number of fused-ring (bicyclic) bond motifs is 2. The average molecular weight is 401 g/mol. The first kappa shape index (κ1) is 18.9. The van der Waals surface area contributed by atoms with Crippen LogP contribution in [-0.4, -0.2) is 60.7 Å². The molecule has 1 saturated heterocycles. The first-order valence-corrected chi connectivity index (χ1v) is 10.1. The smallest absolute Gasteiger partial charge is 0.345 e. The lowest BCUT2D eigenvalue weighted by Crippen LogP contribution is -2.48. The number of thiophene rings is 1. The van der Waals surface area contributed by atoms with Crippen LogP contribution in [0.2, 0.25) is 0 Å². The van der Waals surface area contributed by atoms with E-state index in [1.165, 1.54) is 11.3 Å². The lowest BCUT2D eigenvalue weighted by Gasteiger charge is -2.44. The summed E-state index contributed by atoms with van der Waals surface area (Å²) >= 11 is 1.35. The number of ether oxygens (including phenoxy) is 1. The average Bonchev–Trinajstić information content (AvgIpc) is 3.15. The third-order valence-corrected chi connectivity index (χ3v) is 6.71. The Kier molecular flexibility index (Phi) is 4.84. The van der Waals surface area contributed by atoms with E-state index in [1.807, 2.05) is 36.0 Å². The van der Waals surface area contributed by atoms with Crippen molar-refractivity contribution in [2.75, 3.05) is 38.7 Å². The summed E-state index contributed by atoms with van der Waals surface area (Å²) in [6.07, 6.45) is 3.71. The highest BCUT2D eigenvalue weighted by atomic mass is 32.1. The molecular weight excluding hydrogens is 378 g/mol. The molecule has 0 atom stereocenters. The van der Waals surface area contributed by atoms with Crippen LogP contribution in [0.25, 0.3) is 0 Å². The summed E-state index contributed by atoms with van der Waals surface area (Å²) < 4.78 is 6.16. The normalized spacial score (nSPS) is 18.0. The maximum Gasteiger partial charge on any atom is 0.345 e. The Bertz CT molecular complexity index is 899. The van der Waals surface area contributed by atoms with Crippen LogP contribution in [-0.2, 0) is 16.8 Å². The van der Waals surface area contributed by atoms with Crippen molar-refractivity contribution in [1.82, 2.24) is 9.88 Å². The molecule has 0 radical (unpaired) electrons. The van der Waals surface area contributed by atoms with Crippen LogP contribution in [0.5, 0.6) is 0 Å². The number of carboxylic acid groups (broad SMARTS) is 1. The highest BCUT2D eigenvalue weighted by molar-refractivity contribution is 7.14. The van der Waals surface area contributed by atoms with Crippen molar-refractivity contribution >= 4 is 29.0 Å². The summed E-state index contributed by atoms with van der Waals surface area (Å²) in [6, 6.07) is 5.42. The van der Waals surface area contributed by atoms with E-state index in [4.69, 9.17) is 4.74 Å². The second kappa shape index (κ2) is 7.18. The first-order chi connectivity index (χ1) is 13.4. The van der Waals surface area contributed by atoms with E-state index in [9.17, 15) is 14.7 Å². The monoisotopic (exact) mass is 401 g/mol. The van der Waals surface area contributed by atoms with Gasteiger partial charge in [-0.15, -0.1) is 11.3 Å². The van der Waals surface area contributed by atoms with Gasteiger partial charge in [-0.25, -0.2) is 9.78 Å². The number of piperidine rings is 1. The van der Waals surface area contributed by atoms with Crippen molar-refractivity contribution < 1.29 is 19.4 Å². The van der Waals surface area contributed by atoms with Gasteiger partial charge in [-0.2, -0.15) is 0 Å². The predicted octanol–water partition coefficient (Wildman–Crippen LogP) is 2.61. The number of carbonyl (C=O) groups is 2. The highest BCUT2D eigenvalue weighted by Gasteiger charge is 2.43. The van der Waals surface area contributed by atoms with Gasteiger partial charge in [0.05, 0.1) is 17.8 Å². The number of hydrogen-bond donors (Lipinski definition) is 1. The van der Waals surface area contributed by atoms with Crippen LogP contribution >= 0.6 is 11.3 Å². The van der Waals surface area contributed by atoms with Gasteiger partial charge < -0.3 is 19.6 Å². The molecule has 2 aliphatic rings. The van der Waals surface area contributed by atoms with Crippen LogP contribution in [0.4, 0.5) is 5.82 Å². The van der Waals surface area contributed by atoms with Gasteiger partial charge in [-0.05, 0) is 36.6 Å². The fourth-order valence-corrected chi connectivity index (χ4v) is 5.04. The van der Waals surface area contributed by atoms with Gasteiger partial charge in [0.1, 0.15) is 10.7 Å². The number of pyridine rings is 1. The zero-order chi connectivity index (χ0) is 19.9. The SMILES string of the molecule is CN(C)c1ccc(C(=O)N2CCC3(CC2)OCCc2sc(C(=O)O)cc23)cn1. The Morgan fingerprint density at radius 1 is 1.29 bits per heavy atom. The molecule has 1 spiro atoms. The van der Waals surface area contributed by atoms with Crippen molar-refractivity contribution in [3.63, 3.8) is 0 Å². The Morgan fingerprint density at radius 3 is 2.64 bits per heavy atom. The maximum absolute atomic E-state index is 12.8. The topological polar surface area (TPSA) is 83.0 Å². The lowest BCUT2D eigenvalue weighted by molar-refractivity contribution is -0.0926. The molecule has 0 saturated carbocycles. The third kappa shape index (κ3) is 3.27. The number of amides is 1. The fraction of sp³-hybridized carbons (Fsp3) is 0.450. The van der Waals surface area contributed by atoms with Crippen molar-refractivity contribution in [2.45, 2.75) is 24.9 Å². The Labute approximate surface area is 167 Å². The lowest BCUT2D eigenvalue weighted by atomic mass is 9.82. The molecule has 2 aliphatic heterocycles. The zero-order valence-electron chi connectivity index (χ0n) is 16.0. The second-order valence-corrected chi connectivity index (χ2v) is 8.57. The molecule has 2 aromatic heterocycles. The summed E-state index contributed by atoms with van der Waals surface area (Å²) in [5, 5.41) is 9.32. The molecule has 4 heterocycles. The number of carboxylic acids is 1. The minimum absolute atomic E-state index is 0.0276. The molecule has 0 aromatic carbocycles. The van der Waals surface area contributed by atoms with Gasteiger partial charge in [-0.3, -0.25) is 4.79 Å². The number of aromatic nitrogens is 1. The molecule has 0 aliphatic carbocycles. The van der Waals surface area contributed by atoms with Crippen molar-refractivity contribution in [2.24, 2.45) is 0 Å².